The number of rotatable bonds is 2. The molecule has 16 heavy (non-hydrogen) atoms. The standard InChI is InChI=1S/C14H13IO/c1-10-4-3-5-12(8-10)16-13-6-7-14(15)11(2)9-13/h3-9H,1-2H3. The SMILES string of the molecule is Cc1cccc(Oc2ccc(I)c(C)c2)c1. The first-order valence-electron chi connectivity index (χ1n) is 5.16. The molecule has 0 fully saturated rings. The number of hydrogen-bond donors (Lipinski definition) is 0. The number of hydrogen-bond acceptors (Lipinski definition) is 1. The van der Waals surface area contributed by atoms with E-state index in [0.29, 0.717) is 0 Å². The molecular weight excluding hydrogens is 311 g/mol. The van der Waals surface area contributed by atoms with Gasteiger partial charge in [0.2, 0.25) is 0 Å². The third-order valence-corrected chi connectivity index (χ3v) is 3.57. The van der Waals surface area contributed by atoms with Crippen molar-refractivity contribution in [3.05, 3.63) is 57.2 Å². The Kier molecular flexibility index (Phi) is 3.49. The van der Waals surface area contributed by atoms with Gasteiger partial charge in [-0.15, -0.1) is 0 Å². The summed E-state index contributed by atoms with van der Waals surface area (Å²) in [7, 11) is 0. The van der Waals surface area contributed by atoms with E-state index in [1.165, 1.54) is 14.7 Å². The number of benzene rings is 2. The van der Waals surface area contributed by atoms with Crippen LogP contribution < -0.4 is 4.74 Å². The number of halogens is 1. The van der Waals surface area contributed by atoms with Crippen LogP contribution in [0.3, 0.4) is 0 Å². The Labute approximate surface area is 110 Å². The van der Waals surface area contributed by atoms with Crippen molar-refractivity contribution in [1.82, 2.24) is 0 Å². The molecule has 0 aliphatic carbocycles. The van der Waals surface area contributed by atoms with Crippen molar-refractivity contribution < 1.29 is 4.74 Å². The van der Waals surface area contributed by atoms with Crippen LogP contribution in [0.5, 0.6) is 11.5 Å². The highest BCUT2D eigenvalue weighted by molar-refractivity contribution is 14.1. The zero-order valence-corrected chi connectivity index (χ0v) is 11.5. The molecule has 0 saturated heterocycles. The van der Waals surface area contributed by atoms with Gasteiger partial charge < -0.3 is 4.74 Å². The summed E-state index contributed by atoms with van der Waals surface area (Å²) in [6.07, 6.45) is 0. The topological polar surface area (TPSA) is 9.23 Å². The van der Waals surface area contributed by atoms with E-state index in [4.69, 9.17) is 4.74 Å². The van der Waals surface area contributed by atoms with Crippen LogP contribution in [-0.4, -0.2) is 0 Å². The zero-order valence-electron chi connectivity index (χ0n) is 9.33. The summed E-state index contributed by atoms with van der Waals surface area (Å²) in [5.41, 5.74) is 2.45. The molecule has 82 valence electrons. The highest BCUT2D eigenvalue weighted by atomic mass is 127. The molecule has 0 aromatic heterocycles. The van der Waals surface area contributed by atoms with Gasteiger partial charge in [-0.05, 0) is 77.9 Å². The van der Waals surface area contributed by atoms with E-state index in [0.717, 1.165) is 11.5 Å². The predicted molar refractivity (Wildman–Crippen MR) is 75.1 cm³/mol. The fourth-order valence-electron chi connectivity index (χ4n) is 1.50. The maximum Gasteiger partial charge on any atom is 0.127 e. The molecule has 2 rings (SSSR count). The Balaban J connectivity index is 2.24. The first-order valence-corrected chi connectivity index (χ1v) is 6.24. The Morgan fingerprint density at radius 1 is 0.938 bits per heavy atom. The molecule has 1 nitrogen and oxygen atoms in total. The highest BCUT2D eigenvalue weighted by Crippen LogP contribution is 2.24. The van der Waals surface area contributed by atoms with Crippen LogP contribution >= 0.6 is 22.6 Å². The average Bonchev–Trinajstić information content (AvgIpc) is 2.24. The van der Waals surface area contributed by atoms with Gasteiger partial charge in [-0.25, -0.2) is 0 Å². The first kappa shape index (κ1) is 11.5. The van der Waals surface area contributed by atoms with Crippen LogP contribution in [0.15, 0.2) is 42.5 Å². The van der Waals surface area contributed by atoms with E-state index in [-0.39, 0.29) is 0 Å². The summed E-state index contributed by atoms with van der Waals surface area (Å²) in [4.78, 5) is 0. The highest BCUT2D eigenvalue weighted by Gasteiger charge is 2.00. The van der Waals surface area contributed by atoms with Crippen LogP contribution in [0.25, 0.3) is 0 Å². The second-order valence-electron chi connectivity index (χ2n) is 3.83. The van der Waals surface area contributed by atoms with Crippen molar-refractivity contribution in [3.63, 3.8) is 0 Å². The van der Waals surface area contributed by atoms with Crippen LogP contribution in [-0.2, 0) is 0 Å². The molecule has 0 saturated carbocycles. The van der Waals surface area contributed by atoms with Crippen LogP contribution in [0.2, 0.25) is 0 Å². The van der Waals surface area contributed by atoms with E-state index >= 15 is 0 Å². The molecule has 0 atom stereocenters. The Hall–Kier alpha value is -1.03. The van der Waals surface area contributed by atoms with Gasteiger partial charge >= 0.3 is 0 Å². The van der Waals surface area contributed by atoms with Crippen molar-refractivity contribution in [2.45, 2.75) is 13.8 Å². The lowest BCUT2D eigenvalue weighted by atomic mass is 10.2. The van der Waals surface area contributed by atoms with Crippen molar-refractivity contribution in [2.24, 2.45) is 0 Å². The van der Waals surface area contributed by atoms with Crippen molar-refractivity contribution in [3.8, 4) is 11.5 Å². The first-order chi connectivity index (χ1) is 7.65. The van der Waals surface area contributed by atoms with Crippen molar-refractivity contribution >= 4 is 22.6 Å². The lowest BCUT2D eigenvalue weighted by Gasteiger charge is -2.07. The quantitative estimate of drug-likeness (QED) is 0.728. The van der Waals surface area contributed by atoms with Gasteiger partial charge in [0, 0.05) is 3.57 Å². The van der Waals surface area contributed by atoms with Gasteiger partial charge in [-0.1, -0.05) is 12.1 Å². The summed E-state index contributed by atoms with van der Waals surface area (Å²) in [5.74, 6) is 1.78. The van der Waals surface area contributed by atoms with Crippen molar-refractivity contribution in [2.75, 3.05) is 0 Å². The molecular formula is C14H13IO. The van der Waals surface area contributed by atoms with Gasteiger partial charge in [0.05, 0.1) is 0 Å². The Morgan fingerprint density at radius 2 is 1.69 bits per heavy atom. The van der Waals surface area contributed by atoms with E-state index in [1.54, 1.807) is 0 Å². The smallest absolute Gasteiger partial charge is 0.127 e. The van der Waals surface area contributed by atoms with Crippen LogP contribution in [0.1, 0.15) is 11.1 Å². The second-order valence-corrected chi connectivity index (χ2v) is 4.99. The third-order valence-electron chi connectivity index (χ3n) is 2.35. The molecule has 0 aliphatic rings. The molecule has 2 heteroatoms. The zero-order chi connectivity index (χ0) is 11.5. The molecule has 0 amide bonds. The molecule has 2 aromatic carbocycles. The molecule has 2 aromatic rings. The van der Waals surface area contributed by atoms with Gasteiger partial charge in [0.1, 0.15) is 11.5 Å². The number of ether oxygens (including phenoxy) is 1. The van der Waals surface area contributed by atoms with Crippen LogP contribution in [0.4, 0.5) is 0 Å². The largest absolute Gasteiger partial charge is 0.457 e. The minimum Gasteiger partial charge on any atom is -0.457 e. The molecule has 0 heterocycles. The van der Waals surface area contributed by atoms with E-state index < -0.39 is 0 Å². The number of aryl methyl sites for hydroxylation is 2. The monoisotopic (exact) mass is 324 g/mol. The van der Waals surface area contributed by atoms with Gasteiger partial charge in [0.15, 0.2) is 0 Å². The molecule has 0 unspecified atom stereocenters. The second kappa shape index (κ2) is 4.87. The summed E-state index contributed by atoms with van der Waals surface area (Å²) in [6, 6.07) is 14.2. The predicted octanol–water partition coefficient (Wildman–Crippen LogP) is 4.70. The maximum absolute atomic E-state index is 5.79. The van der Waals surface area contributed by atoms with E-state index in [9.17, 15) is 0 Å². The van der Waals surface area contributed by atoms with Crippen molar-refractivity contribution in [1.29, 1.82) is 0 Å². The Morgan fingerprint density at radius 3 is 2.38 bits per heavy atom. The molecule has 0 aliphatic heterocycles. The summed E-state index contributed by atoms with van der Waals surface area (Å²) in [6.45, 7) is 4.15. The molecule has 0 N–H and O–H groups in total. The minimum absolute atomic E-state index is 0.889. The molecule has 0 spiro atoms. The third kappa shape index (κ3) is 2.76. The summed E-state index contributed by atoms with van der Waals surface area (Å²) in [5, 5.41) is 0. The van der Waals surface area contributed by atoms with E-state index in [2.05, 4.69) is 54.6 Å². The molecule has 0 radical (unpaired) electrons. The summed E-state index contributed by atoms with van der Waals surface area (Å²) < 4.78 is 7.05. The lowest BCUT2D eigenvalue weighted by molar-refractivity contribution is 0.482. The fourth-order valence-corrected chi connectivity index (χ4v) is 1.83. The van der Waals surface area contributed by atoms with Gasteiger partial charge in [0.25, 0.3) is 0 Å². The Bertz CT molecular complexity index is 506. The van der Waals surface area contributed by atoms with E-state index in [1.807, 2.05) is 24.3 Å². The van der Waals surface area contributed by atoms with Gasteiger partial charge in [-0.2, -0.15) is 0 Å². The minimum atomic E-state index is 0.889. The fraction of sp³-hybridized carbons (Fsp3) is 0.143. The molecule has 0 bridgehead atoms. The normalized spacial score (nSPS) is 10.2. The summed E-state index contributed by atoms with van der Waals surface area (Å²) >= 11 is 2.32. The maximum atomic E-state index is 5.79. The van der Waals surface area contributed by atoms with Gasteiger partial charge in [-0.3, -0.25) is 0 Å². The lowest BCUT2D eigenvalue weighted by Crippen LogP contribution is -1.87. The average molecular weight is 324 g/mol. The van der Waals surface area contributed by atoms with Crippen LogP contribution in [0, 0.1) is 17.4 Å².